The van der Waals surface area contributed by atoms with Crippen LogP contribution in [0.5, 0.6) is 5.75 Å². The van der Waals surface area contributed by atoms with Gasteiger partial charge in [0.1, 0.15) is 5.75 Å². The molecule has 0 saturated heterocycles. The second-order valence-corrected chi connectivity index (χ2v) is 4.43. The van der Waals surface area contributed by atoms with Crippen molar-refractivity contribution in [1.29, 1.82) is 0 Å². The van der Waals surface area contributed by atoms with E-state index < -0.39 is 18.0 Å². The third-order valence-corrected chi connectivity index (χ3v) is 2.80. The van der Waals surface area contributed by atoms with Crippen LogP contribution in [0.3, 0.4) is 0 Å². The summed E-state index contributed by atoms with van der Waals surface area (Å²) in [7, 11) is 0. The molecule has 0 bridgehead atoms. The molecule has 1 atom stereocenters. The van der Waals surface area contributed by atoms with Gasteiger partial charge in [0.2, 0.25) is 0 Å². The Kier molecular flexibility index (Phi) is 3.56. The Bertz CT molecular complexity index is 695. The van der Waals surface area contributed by atoms with E-state index in [4.69, 9.17) is 14.9 Å². The van der Waals surface area contributed by atoms with Gasteiger partial charge < -0.3 is 14.9 Å². The molecular weight excluding hydrogens is 262 g/mol. The van der Waals surface area contributed by atoms with Crippen LogP contribution >= 0.6 is 0 Å². The highest BCUT2D eigenvalue weighted by Gasteiger charge is 2.17. The van der Waals surface area contributed by atoms with E-state index in [0.717, 1.165) is 5.56 Å². The van der Waals surface area contributed by atoms with Crippen molar-refractivity contribution < 1.29 is 24.5 Å². The second-order valence-electron chi connectivity index (χ2n) is 4.43. The highest BCUT2D eigenvalue weighted by atomic mass is 16.5. The quantitative estimate of drug-likeness (QED) is 0.886. The smallest absolute Gasteiger partial charge is 0.354 e. The summed E-state index contributed by atoms with van der Waals surface area (Å²) in [6.45, 7) is 3.23. The molecule has 6 nitrogen and oxygen atoms in total. The number of carboxylic acid groups (broad SMARTS) is 2. The zero-order valence-electron chi connectivity index (χ0n) is 11.0. The Balaban J connectivity index is 2.61. The summed E-state index contributed by atoms with van der Waals surface area (Å²) in [6.07, 6.45) is -1.08. The number of carboxylic acids is 2. The molecule has 1 aromatic heterocycles. The van der Waals surface area contributed by atoms with Crippen LogP contribution in [0.1, 0.15) is 23.0 Å². The number of pyridine rings is 1. The number of aryl methyl sites for hydroxylation is 1. The van der Waals surface area contributed by atoms with Gasteiger partial charge in [-0.3, -0.25) is 0 Å². The van der Waals surface area contributed by atoms with Crippen LogP contribution in [0.4, 0.5) is 0 Å². The Hall–Kier alpha value is -2.63. The molecule has 0 aliphatic heterocycles. The molecule has 0 saturated carbocycles. The number of aliphatic carboxylic acids is 1. The minimum atomic E-state index is -1.19. The van der Waals surface area contributed by atoms with Crippen molar-refractivity contribution in [3.8, 4) is 5.75 Å². The largest absolute Gasteiger partial charge is 0.479 e. The number of ether oxygens (including phenoxy) is 1. The maximum absolute atomic E-state index is 11.1. The third-order valence-electron chi connectivity index (χ3n) is 2.80. The van der Waals surface area contributed by atoms with Crippen LogP contribution in [0, 0.1) is 6.92 Å². The number of hydrogen-bond donors (Lipinski definition) is 2. The number of aromatic nitrogens is 1. The SMILES string of the molecule is Cc1ccc2c(OC(C)C(=O)O)cc(C(=O)O)nc2c1. The zero-order chi connectivity index (χ0) is 14.9. The third kappa shape index (κ3) is 2.69. The normalized spacial score (nSPS) is 12.1. The standard InChI is InChI=1S/C14H13NO5/c1-7-3-4-9-10(5-7)15-11(14(18)19)6-12(9)20-8(2)13(16)17/h3-6,8H,1-2H3,(H,16,17)(H,18,19). The van der Waals surface area contributed by atoms with E-state index >= 15 is 0 Å². The van der Waals surface area contributed by atoms with Crippen molar-refractivity contribution in [2.75, 3.05) is 0 Å². The van der Waals surface area contributed by atoms with Crippen LogP contribution in [0.25, 0.3) is 10.9 Å². The van der Waals surface area contributed by atoms with Crippen LogP contribution < -0.4 is 4.74 Å². The number of hydrogen-bond acceptors (Lipinski definition) is 4. The lowest BCUT2D eigenvalue weighted by atomic mass is 10.1. The molecule has 2 rings (SSSR count). The molecule has 104 valence electrons. The van der Waals surface area contributed by atoms with E-state index in [1.165, 1.54) is 13.0 Å². The molecule has 1 aromatic carbocycles. The van der Waals surface area contributed by atoms with Gasteiger partial charge in [-0.1, -0.05) is 6.07 Å². The number of benzene rings is 1. The first-order valence-electron chi connectivity index (χ1n) is 5.92. The van der Waals surface area contributed by atoms with Gasteiger partial charge in [0.15, 0.2) is 11.8 Å². The fraction of sp³-hybridized carbons (Fsp3) is 0.214. The van der Waals surface area contributed by atoms with Crippen molar-refractivity contribution in [3.05, 3.63) is 35.5 Å². The van der Waals surface area contributed by atoms with Gasteiger partial charge in [0.05, 0.1) is 5.52 Å². The molecule has 20 heavy (non-hydrogen) atoms. The molecule has 0 amide bonds. The summed E-state index contributed by atoms with van der Waals surface area (Å²) in [5.74, 6) is -2.12. The molecule has 0 spiro atoms. The fourth-order valence-electron chi connectivity index (χ4n) is 1.75. The molecule has 0 fully saturated rings. The average Bonchev–Trinajstić information content (AvgIpc) is 2.37. The van der Waals surface area contributed by atoms with E-state index in [0.29, 0.717) is 10.9 Å². The van der Waals surface area contributed by atoms with Crippen LogP contribution in [-0.2, 0) is 4.79 Å². The van der Waals surface area contributed by atoms with E-state index in [1.807, 2.05) is 13.0 Å². The van der Waals surface area contributed by atoms with Gasteiger partial charge in [-0.2, -0.15) is 0 Å². The first-order chi connectivity index (χ1) is 9.38. The van der Waals surface area contributed by atoms with E-state index in [1.54, 1.807) is 12.1 Å². The molecule has 0 aliphatic carbocycles. The van der Waals surface area contributed by atoms with E-state index in [2.05, 4.69) is 4.98 Å². The lowest BCUT2D eigenvalue weighted by Crippen LogP contribution is -2.23. The maximum Gasteiger partial charge on any atom is 0.354 e. The number of fused-ring (bicyclic) bond motifs is 1. The summed E-state index contributed by atoms with van der Waals surface area (Å²) in [4.78, 5) is 25.9. The predicted molar refractivity (Wildman–Crippen MR) is 71.2 cm³/mol. The average molecular weight is 275 g/mol. The molecule has 2 aromatic rings. The summed E-state index contributed by atoms with van der Waals surface area (Å²) >= 11 is 0. The van der Waals surface area contributed by atoms with E-state index in [-0.39, 0.29) is 11.4 Å². The summed E-state index contributed by atoms with van der Waals surface area (Å²) < 4.78 is 5.32. The number of aromatic carboxylic acids is 1. The summed E-state index contributed by atoms with van der Waals surface area (Å²) in [6, 6.07) is 6.51. The maximum atomic E-state index is 11.1. The van der Waals surface area contributed by atoms with Crippen LogP contribution in [0.2, 0.25) is 0 Å². The highest BCUT2D eigenvalue weighted by Crippen LogP contribution is 2.27. The van der Waals surface area contributed by atoms with Crippen molar-refractivity contribution in [3.63, 3.8) is 0 Å². The lowest BCUT2D eigenvalue weighted by Gasteiger charge is -2.13. The number of rotatable bonds is 4. The Morgan fingerprint density at radius 2 is 1.95 bits per heavy atom. The van der Waals surface area contributed by atoms with Gasteiger partial charge in [-0.05, 0) is 31.5 Å². The molecule has 1 unspecified atom stereocenters. The Morgan fingerprint density at radius 1 is 1.25 bits per heavy atom. The van der Waals surface area contributed by atoms with Gasteiger partial charge in [0.25, 0.3) is 0 Å². The van der Waals surface area contributed by atoms with Crippen molar-refractivity contribution in [2.24, 2.45) is 0 Å². The fourth-order valence-corrected chi connectivity index (χ4v) is 1.75. The Morgan fingerprint density at radius 3 is 2.55 bits per heavy atom. The minimum absolute atomic E-state index is 0.185. The number of nitrogens with zero attached hydrogens (tertiary/aromatic N) is 1. The topological polar surface area (TPSA) is 96.7 Å². The molecule has 0 radical (unpaired) electrons. The molecular formula is C14H13NO5. The zero-order valence-corrected chi connectivity index (χ0v) is 11.0. The van der Waals surface area contributed by atoms with Gasteiger partial charge in [-0.15, -0.1) is 0 Å². The van der Waals surface area contributed by atoms with Crippen molar-refractivity contribution >= 4 is 22.8 Å². The highest BCUT2D eigenvalue weighted by molar-refractivity contribution is 5.93. The molecule has 1 heterocycles. The monoisotopic (exact) mass is 275 g/mol. The first-order valence-corrected chi connectivity index (χ1v) is 5.92. The van der Waals surface area contributed by atoms with E-state index in [9.17, 15) is 9.59 Å². The summed E-state index contributed by atoms with van der Waals surface area (Å²) in [5.41, 5.74) is 1.19. The molecule has 0 aliphatic rings. The van der Waals surface area contributed by atoms with Crippen LogP contribution in [0.15, 0.2) is 24.3 Å². The number of carbonyl (C=O) groups is 2. The molecule has 2 N–H and O–H groups in total. The second kappa shape index (κ2) is 5.16. The lowest BCUT2D eigenvalue weighted by molar-refractivity contribution is -0.144. The van der Waals surface area contributed by atoms with Gasteiger partial charge in [0, 0.05) is 11.5 Å². The van der Waals surface area contributed by atoms with Crippen molar-refractivity contribution in [1.82, 2.24) is 4.98 Å². The van der Waals surface area contributed by atoms with Gasteiger partial charge >= 0.3 is 11.9 Å². The van der Waals surface area contributed by atoms with Gasteiger partial charge in [-0.25, -0.2) is 14.6 Å². The molecule has 6 heteroatoms. The van der Waals surface area contributed by atoms with Crippen LogP contribution in [-0.4, -0.2) is 33.2 Å². The summed E-state index contributed by atoms with van der Waals surface area (Å²) in [5, 5.41) is 18.5. The Labute approximate surface area is 114 Å². The van der Waals surface area contributed by atoms with Crippen molar-refractivity contribution in [2.45, 2.75) is 20.0 Å². The predicted octanol–water partition coefficient (Wildman–Crippen LogP) is 2.09. The first kappa shape index (κ1) is 13.8. The minimum Gasteiger partial charge on any atom is -0.479 e.